The van der Waals surface area contributed by atoms with Gasteiger partial charge in [0.1, 0.15) is 0 Å². The fourth-order valence-electron chi connectivity index (χ4n) is 2.36. The Balaban J connectivity index is 1.88. The lowest BCUT2D eigenvalue weighted by Crippen LogP contribution is -2.41. The van der Waals surface area contributed by atoms with Crippen LogP contribution in [0, 0.1) is 0 Å². The first-order chi connectivity index (χ1) is 8.83. The highest BCUT2D eigenvalue weighted by Crippen LogP contribution is 2.08. The summed E-state index contributed by atoms with van der Waals surface area (Å²) in [7, 11) is 1.70. The molecule has 0 radical (unpaired) electrons. The van der Waals surface area contributed by atoms with Crippen molar-refractivity contribution in [2.24, 2.45) is 0 Å². The van der Waals surface area contributed by atoms with Crippen LogP contribution >= 0.6 is 0 Å². The van der Waals surface area contributed by atoms with Gasteiger partial charge in [-0.1, -0.05) is 6.42 Å². The molecular weight excluding hydrogens is 228 g/mol. The fourth-order valence-corrected chi connectivity index (χ4v) is 2.36. The first kappa shape index (κ1) is 15.9. The third-order valence-electron chi connectivity index (χ3n) is 3.37. The van der Waals surface area contributed by atoms with Crippen molar-refractivity contribution in [2.45, 2.75) is 38.6 Å². The first-order valence-corrected chi connectivity index (χ1v) is 7.35. The monoisotopic (exact) mass is 258 g/mol. The fraction of sp³-hybridized carbons (Fsp3) is 1.00. The summed E-state index contributed by atoms with van der Waals surface area (Å²) in [5.41, 5.74) is 0. The Bertz CT molecular complexity index is 185. The molecule has 0 aromatic carbocycles. The molecule has 0 aliphatic carbocycles. The van der Waals surface area contributed by atoms with E-state index in [2.05, 4.69) is 17.1 Å². The summed E-state index contributed by atoms with van der Waals surface area (Å²) in [6.45, 7) is 9.30. The van der Waals surface area contributed by atoms with Gasteiger partial charge in [0.25, 0.3) is 0 Å². The van der Waals surface area contributed by atoms with Crippen LogP contribution in [0.25, 0.3) is 0 Å². The number of nitrogens with one attached hydrogen (secondary N) is 1. The van der Waals surface area contributed by atoms with Crippen molar-refractivity contribution in [1.29, 1.82) is 0 Å². The molecule has 1 N–H and O–H groups in total. The van der Waals surface area contributed by atoms with Crippen molar-refractivity contribution >= 4 is 0 Å². The molecule has 108 valence electrons. The lowest BCUT2D eigenvalue weighted by molar-refractivity contribution is 0.0691. The molecule has 0 amide bonds. The van der Waals surface area contributed by atoms with E-state index in [0.29, 0.717) is 19.3 Å². The summed E-state index contributed by atoms with van der Waals surface area (Å²) in [4.78, 5) is 2.58. The number of hydrogen-bond donors (Lipinski definition) is 1. The second-order valence-electron chi connectivity index (χ2n) is 5.18. The second-order valence-corrected chi connectivity index (χ2v) is 5.18. The zero-order valence-electron chi connectivity index (χ0n) is 12.1. The zero-order chi connectivity index (χ0) is 13.1. The molecule has 1 aliphatic rings. The second kappa shape index (κ2) is 10.7. The summed E-state index contributed by atoms with van der Waals surface area (Å²) < 4.78 is 10.4. The predicted molar refractivity (Wildman–Crippen MR) is 75.1 cm³/mol. The maximum atomic E-state index is 5.43. The van der Waals surface area contributed by atoms with Crippen LogP contribution in [0.4, 0.5) is 0 Å². The minimum absolute atomic E-state index is 0.585. The third kappa shape index (κ3) is 8.03. The summed E-state index contributed by atoms with van der Waals surface area (Å²) in [5.74, 6) is 0. The number of likely N-dealkylation sites (tertiary alicyclic amines) is 1. The molecule has 1 fully saturated rings. The van der Waals surface area contributed by atoms with Gasteiger partial charge in [-0.3, -0.25) is 0 Å². The number of methoxy groups -OCH3 is 1. The molecular formula is C14H30N2O2. The molecule has 0 saturated carbocycles. The number of rotatable bonds is 10. The quantitative estimate of drug-likeness (QED) is 0.602. The molecule has 1 atom stereocenters. The molecule has 4 heteroatoms. The van der Waals surface area contributed by atoms with E-state index in [1.165, 1.54) is 38.9 Å². The van der Waals surface area contributed by atoms with E-state index in [0.717, 1.165) is 19.6 Å². The van der Waals surface area contributed by atoms with E-state index in [1.54, 1.807) is 7.11 Å². The average molecular weight is 258 g/mol. The molecule has 0 aromatic heterocycles. The van der Waals surface area contributed by atoms with E-state index in [1.807, 2.05) is 0 Å². The number of nitrogens with zero attached hydrogens (tertiary/aromatic N) is 1. The molecule has 0 aromatic rings. The van der Waals surface area contributed by atoms with Gasteiger partial charge in [-0.05, 0) is 45.8 Å². The van der Waals surface area contributed by atoms with Gasteiger partial charge >= 0.3 is 0 Å². The van der Waals surface area contributed by atoms with Gasteiger partial charge in [0.05, 0.1) is 13.2 Å². The van der Waals surface area contributed by atoms with Crippen molar-refractivity contribution in [3.63, 3.8) is 0 Å². The lowest BCUT2D eigenvalue weighted by atomic mass is 10.1. The smallest absolute Gasteiger partial charge is 0.0700 e. The zero-order valence-corrected chi connectivity index (χ0v) is 12.1. The summed E-state index contributed by atoms with van der Waals surface area (Å²) in [6.07, 6.45) is 5.24. The molecule has 1 saturated heterocycles. The van der Waals surface area contributed by atoms with Crippen LogP contribution in [0.2, 0.25) is 0 Å². The Hall–Kier alpha value is -0.160. The van der Waals surface area contributed by atoms with E-state index >= 15 is 0 Å². The van der Waals surface area contributed by atoms with Gasteiger partial charge in [0.15, 0.2) is 0 Å². The number of piperidine rings is 1. The summed E-state index contributed by atoms with van der Waals surface area (Å²) >= 11 is 0. The van der Waals surface area contributed by atoms with Crippen molar-refractivity contribution in [2.75, 3.05) is 53.1 Å². The van der Waals surface area contributed by atoms with Crippen LogP contribution in [0.5, 0.6) is 0 Å². The van der Waals surface area contributed by atoms with Gasteiger partial charge in [-0.15, -0.1) is 0 Å². The maximum Gasteiger partial charge on any atom is 0.0700 e. The largest absolute Gasteiger partial charge is 0.382 e. The average Bonchev–Trinajstić information content (AvgIpc) is 2.39. The molecule has 1 aliphatic heterocycles. The minimum Gasteiger partial charge on any atom is -0.382 e. The molecule has 18 heavy (non-hydrogen) atoms. The minimum atomic E-state index is 0.585. The Kier molecular flexibility index (Phi) is 9.48. The number of ether oxygens (including phenoxy) is 2. The predicted octanol–water partition coefficient (Wildman–Crippen LogP) is 1.50. The van der Waals surface area contributed by atoms with Crippen LogP contribution in [0.3, 0.4) is 0 Å². The Morgan fingerprint density at radius 3 is 2.61 bits per heavy atom. The Morgan fingerprint density at radius 1 is 1.11 bits per heavy atom. The summed E-state index contributed by atoms with van der Waals surface area (Å²) in [6, 6.07) is 0.585. The van der Waals surface area contributed by atoms with E-state index < -0.39 is 0 Å². The van der Waals surface area contributed by atoms with Crippen LogP contribution in [-0.4, -0.2) is 64.1 Å². The highest BCUT2D eigenvalue weighted by molar-refractivity contribution is 4.70. The molecule has 1 rings (SSSR count). The highest BCUT2D eigenvalue weighted by Gasteiger charge is 2.12. The molecule has 1 unspecified atom stereocenters. The van der Waals surface area contributed by atoms with Crippen molar-refractivity contribution in [3.8, 4) is 0 Å². The van der Waals surface area contributed by atoms with Crippen molar-refractivity contribution in [3.05, 3.63) is 0 Å². The van der Waals surface area contributed by atoms with Crippen molar-refractivity contribution in [1.82, 2.24) is 10.2 Å². The SMILES string of the molecule is COCCOCCCNC(C)CN1CCCCC1. The number of hydrogen-bond acceptors (Lipinski definition) is 4. The summed E-state index contributed by atoms with van der Waals surface area (Å²) in [5, 5.41) is 3.57. The van der Waals surface area contributed by atoms with Crippen LogP contribution in [0.1, 0.15) is 32.6 Å². The lowest BCUT2D eigenvalue weighted by Gasteiger charge is -2.29. The van der Waals surface area contributed by atoms with Gasteiger partial charge < -0.3 is 19.7 Å². The van der Waals surface area contributed by atoms with Crippen LogP contribution < -0.4 is 5.32 Å². The molecule has 0 spiro atoms. The van der Waals surface area contributed by atoms with E-state index in [-0.39, 0.29) is 0 Å². The highest BCUT2D eigenvalue weighted by atomic mass is 16.5. The Morgan fingerprint density at radius 2 is 1.89 bits per heavy atom. The maximum absolute atomic E-state index is 5.43. The Labute approximate surface area is 112 Å². The van der Waals surface area contributed by atoms with Crippen LogP contribution in [-0.2, 0) is 9.47 Å². The van der Waals surface area contributed by atoms with Gasteiger partial charge in [-0.25, -0.2) is 0 Å². The molecule has 0 bridgehead atoms. The van der Waals surface area contributed by atoms with Crippen molar-refractivity contribution < 1.29 is 9.47 Å². The first-order valence-electron chi connectivity index (χ1n) is 7.35. The van der Waals surface area contributed by atoms with Gasteiger partial charge in [0.2, 0.25) is 0 Å². The van der Waals surface area contributed by atoms with E-state index in [9.17, 15) is 0 Å². The molecule has 4 nitrogen and oxygen atoms in total. The normalized spacial score (nSPS) is 19.0. The van der Waals surface area contributed by atoms with Crippen LogP contribution in [0.15, 0.2) is 0 Å². The van der Waals surface area contributed by atoms with Gasteiger partial charge in [-0.2, -0.15) is 0 Å². The van der Waals surface area contributed by atoms with E-state index in [4.69, 9.17) is 9.47 Å². The molecule has 1 heterocycles. The topological polar surface area (TPSA) is 33.7 Å². The third-order valence-corrected chi connectivity index (χ3v) is 3.37. The standard InChI is InChI=1S/C14H30N2O2/c1-14(13-16-8-4-3-5-9-16)15-7-6-10-18-12-11-17-2/h14-15H,3-13H2,1-2H3. The van der Waals surface area contributed by atoms with Gasteiger partial charge in [0, 0.05) is 26.3 Å².